The van der Waals surface area contributed by atoms with E-state index >= 15 is 0 Å². The average molecular weight is 294 g/mol. The molecule has 6 heteroatoms. The second kappa shape index (κ2) is 8.53. The van der Waals surface area contributed by atoms with E-state index in [1.807, 2.05) is 6.07 Å². The number of aliphatic hydroxyl groups excluding tert-OH is 1. The standard InChI is InChI=1S/C12H19N3O.2ClH/c13-12-6-5-9(8-16)11(15-12)7-14-10-3-1-2-4-10;;/h5-6,10,14,16H,1-4,7-8H2,(H2,13,15);2*1H. The molecule has 1 aliphatic rings. The Hall–Kier alpha value is -0.550. The number of pyridine rings is 1. The molecule has 1 heterocycles. The number of aliphatic hydroxyl groups is 1. The number of nitrogens with zero attached hydrogens (tertiary/aromatic N) is 1. The van der Waals surface area contributed by atoms with Gasteiger partial charge in [0.15, 0.2) is 0 Å². The van der Waals surface area contributed by atoms with Crippen LogP contribution >= 0.6 is 24.8 Å². The third-order valence-electron chi connectivity index (χ3n) is 3.17. The van der Waals surface area contributed by atoms with Crippen LogP contribution in [0.5, 0.6) is 0 Å². The van der Waals surface area contributed by atoms with Crippen molar-refractivity contribution in [2.75, 3.05) is 5.73 Å². The first-order valence-electron chi connectivity index (χ1n) is 5.88. The number of rotatable bonds is 4. The van der Waals surface area contributed by atoms with Gasteiger partial charge in [-0.05, 0) is 18.9 Å². The van der Waals surface area contributed by atoms with Crippen LogP contribution in [0.4, 0.5) is 5.82 Å². The quantitative estimate of drug-likeness (QED) is 0.794. The lowest BCUT2D eigenvalue weighted by Crippen LogP contribution is -2.26. The highest BCUT2D eigenvalue weighted by atomic mass is 35.5. The Bertz CT molecular complexity index is 357. The summed E-state index contributed by atoms with van der Waals surface area (Å²) in [5.74, 6) is 0.514. The molecule has 2 rings (SSSR count). The minimum Gasteiger partial charge on any atom is -0.392 e. The summed E-state index contributed by atoms with van der Waals surface area (Å²) in [6.07, 6.45) is 5.12. The summed E-state index contributed by atoms with van der Waals surface area (Å²) in [6, 6.07) is 4.17. The Kier molecular flexibility index (Phi) is 8.27. The molecular weight excluding hydrogens is 273 g/mol. The van der Waals surface area contributed by atoms with Gasteiger partial charge in [0.2, 0.25) is 0 Å². The van der Waals surface area contributed by atoms with Crippen molar-refractivity contribution in [2.24, 2.45) is 0 Å². The van der Waals surface area contributed by atoms with Crippen LogP contribution in [-0.2, 0) is 13.2 Å². The smallest absolute Gasteiger partial charge is 0.123 e. The minimum absolute atomic E-state index is 0. The number of hydrogen-bond donors (Lipinski definition) is 3. The maximum Gasteiger partial charge on any atom is 0.123 e. The highest BCUT2D eigenvalue weighted by molar-refractivity contribution is 5.85. The first-order chi connectivity index (χ1) is 7.79. The van der Waals surface area contributed by atoms with Gasteiger partial charge in [-0.25, -0.2) is 4.98 Å². The highest BCUT2D eigenvalue weighted by Gasteiger charge is 2.14. The molecule has 0 amide bonds. The number of anilines is 1. The van der Waals surface area contributed by atoms with E-state index in [4.69, 9.17) is 5.73 Å². The van der Waals surface area contributed by atoms with Crippen LogP contribution in [0.3, 0.4) is 0 Å². The zero-order valence-electron chi connectivity index (χ0n) is 10.3. The monoisotopic (exact) mass is 293 g/mol. The zero-order valence-corrected chi connectivity index (χ0v) is 11.9. The van der Waals surface area contributed by atoms with E-state index < -0.39 is 0 Å². The minimum atomic E-state index is 0. The van der Waals surface area contributed by atoms with Gasteiger partial charge in [0.05, 0.1) is 12.3 Å². The Labute approximate surface area is 120 Å². The molecule has 1 saturated carbocycles. The van der Waals surface area contributed by atoms with Crippen LogP contribution in [0, 0.1) is 0 Å². The average Bonchev–Trinajstić information content (AvgIpc) is 2.79. The molecule has 4 N–H and O–H groups in total. The topological polar surface area (TPSA) is 71.2 Å². The van der Waals surface area contributed by atoms with Gasteiger partial charge in [-0.3, -0.25) is 0 Å². The van der Waals surface area contributed by atoms with E-state index in [2.05, 4.69) is 10.3 Å². The van der Waals surface area contributed by atoms with Crippen molar-refractivity contribution < 1.29 is 5.11 Å². The number of halogens is 2. The summed E-state index contributed by atoms with van der Waals surface area (Å²) in [7, 11) is 0. The van der Waals surface area contributed by atoms with E-state index in [1.54, 1.807) is 6.07 Å². The fourth-order valence-electron chi connectivity index (χ4n) is 2.22. The van der Waals surface area contributed by atoms with Crippen molar-refractivity contribution >= 4 is 30.6 Å². The lowest BCUT2D eigenvalue weighted by Gasteiger charge is -2.13. The van der Waals surface area contributed by atoms with Crippen molar-refractivity contribution in [1.29, 1.82) is 0 Å². The largest absolute Gasteiger partial charge is 0.392 e. The van der Waals surface area contributed by atoms with E-state index in [1.165, 1.54) is 25.7 Å². The maximum atomic E-state index is 9.19. The number of nitrogens with two attached hydrogens (primary N) is 1. The lowest BCUT2D eigenvalue weighted by atomic mass is 10.2. The van der Waals surface area contributed by atoms with Crippen molar-refractivity contribution in [3.05, 3.63) is 23.4 Å². The van der Waals surface area contributed by atoms with Crippen molar-refractivity contribution in [2.45, 2.75) is 44.9 Å². The predicted octanol–water partition coefficient (Wildman–Crippen LogP) is 2.03. The molecule has 0 atom stereocenters. The molecule has 18 heavy (non-hydrogen) atoms. The molecule has 1 aromatic rings. The third kappa shape index (κ3) is 4.61. The first kappa shape index (κ1) is 17.4. The van der Waals surface area contributed by atoms with Gasteiger partial charge >= 0.3 is 0 Å². The first-order valence-corrected chi connectivity index (χ1v) is 5.88. The molecule has 0 aliphatic heterocycles. The molecule has 4 nitrogen and oxygen atoms in total. The van der Waals surface area contributed by atoms with Crippen LogP contribution in [0.1, 0.15) is 36.9 Å². The summed E-state index contributed by atoms with van der Waals surface area (Å²) in [5, 5.41) is 12.7. The van der Waals surface area contributed by atoms with E-state index in [9.17, 15) is 5.11 Å². The maximum absolute atomic E-state index is 9.19. The molecule has 0 spiro atoms. The molecule has 1 fully saturated rings. The molecule has 0 radical (unpaired) electrons. The fourth-order valence-corrected chi connectivity index (χ4v) is 2.22. The summed E-state index contributed by atoms with van der Waals surface area (Å²) in [6.45, 7) is 0.723. The number of nitrogens with one attached hydrogen (secondary N) is 1. The summed E-state index contributed by atoms with van der Waals surface area (Å²) < 4.78 is 0. The predicted molar refractivity (Wildman–Crippen MR) is 78.2 cm³/mol. The zero-order chi connectivity index (χ0) is 11.4. The highest BCUT2D eigenvalue weighted by Crippen LogP contribution is 2.18. The van der Waals surface area contributed by atoms with Crippen molar-refractivity contribution in [3.8, 4) is 0 Å². The lowest BCUT2D eigenvalue weighted by molar-refractivity contribution is 0.279. The second-order valence-electron chi connectivity index (χ2n) is 4.36. The van der Waals surface area contributed by atoms with Crippen LogP contribution < -0.4 is 11.1 Å². The Morgan fingerprint density at radius 3 is 2.56 bits per heavy atom. The third-order valence-corrected chi connectivity index (χ3v) is 3.17. The van der Waals surface area contributed by atoms with Gasteiger partial charge in [-0.15, -0.1) is 24.8 Å². The van der Waals surface area contributed by atoms with Gasteiger partial charge in [0, 0.05) is 18.2 Å². The van der Waals surface area contributed by atoms with Gasteiger partial charge in [-0.2, -0.15) is 0 Å². The van der Waals surface area contributed by atoms with Gasteiger partial charge in [0.25, 0.3) is 0 Å². The summed E-state index contributed by atoms with van der Waals surface area (Å²) in [5.41, 5.74) is 7.38. The molecule has 104 valence electrons. The number of hydrogen-bond acceptors (Lipinski definition) is 4. The van der Waals surface area contributed by atoms with Crippen molar-refractivity contribution in [1.82, 2.24) is 10.3 Å². The molecule has 1 aromatic heterocycles. The molecule has 0 unspecified atom stereocenters. The molecule has 0 bridgehead atoms. The van der Waals surface area contributed by atoms with Crippen LogP contribution in [0.25, 0.3) is 0 Å². The van der Waals surface area contributed by atoms with Gasteiger partial charge < -0.3 is 16.2 Å². The fraction of sp³-hybridized carbons (Fsp3) is 0.583. The molecule has 1 aliphatic carbocycles. The van der Waals surface area contributed by atoms with E-state index in [0.717, 1.165) is 11.3 Å². The van der Waals surface area contributed by atoms with Gasteiger partial charge in [0.1, 0.15) is 5.82 Å². The number of nitrogen functional groups attached to an aromatic ring is 1. The number of aromatic nitrogens is 1. The van der Waals surface area contributed by atoms with Gasteiger partial charge in [-0.1, -0.05) is 18.9 Å². The van der Waals surface area contributed by atoms with Crippen LogP contribution in [-0.4, -0.2) is 16.1 Å². The van der Waals surface area contributed by atoms with E-state index in [-0.39, 0.29) is 31.4 Å². The molecular formula is C12H21Cl2N3O. The van der Waals surface area contributed by atoms with Crippen LogP contribution in [0.2, 0.25) is 0 Å². The summed E-state index contributed by atoms with van der Waals surface area (Å²) >= 11 is 0. The Balaban J connectivity index is 0.00000144. The SMILES string of the molecule is Cl.Cl.Nc1ccc(CO)c(CNC2CCCC2)n1. The van der Waals surface area contributed by atoms with Crippen molar-refractivity contribution in [3.63, 3.8) is 0 Å². The molecule has 0 aromatic carbocycles. The second-order valence-corrected chi connectivity index (χ2v) is 4.36. The Morgan fingerprint density at radius 2 is 1.94 bits per heavy atom. The Morgan fingerprint density at radius 1 is 1.28 bits per heavy atom. The van der Waals surface area contributed by atoms with E-state index in [0.29, 0.717) is 18.4 Å². The van der Waals surface area contributed by atoms with Crippen LogP contribution in [0.15, 0.2) is 12.1 Å². The molecule has 0 saturated heterocycles. The normalized spacial score (nSPS) is 14.9. The summed E-state index contributed by atoms with van der Waals surface area (Å²) in [4.78, 5) is 4.26.